The fraction of sp³-hybridized carbons (Fsp3) is 0.889. The summed E-state index contributed by atoms with van der Waals surface area (Å²) in [6, 6.07) is 0. The molecule has 3 heteroatoms. The van der Waals surface area contributed by atoms with Gasteiger partial charge in [-0.2, -0.15) is 0 Å². The number of carbonyl (C=O) groups excluding carboxylic acids is 1. The second kappa shape index (κ2) is 6.36. The summed E-state index contributed by atoms with van der Waals surface area (Å²) in [6.07, 6.45) is 10.1. The number of aliphatic hydroxyl groups is 1. The lowest BCUT2D eigenvalue weighted by Gasteiger charge is -2.70. The average molecular weight is 415 g/mol. The van der Waals surface area contributed by atoms with Crippen LogP contribution in [0.5, 0.6) is 0 Å². The lowest BCUT2D eigenvalue weighted by molar-refractivity contribution is -0.220. The third-order valence-corrected chi connectivity index (χ3v) is 11.7. The van der Waals surface area contributed by atoms with Crippen LogP contribution in [0.3, 0.4) is 0 Å². The Bertz CT molecular complexity index is 800. The fourth-order valence-electron chi connectivity index (χ4n) is 10.0. The molecule has 1 aliphatic heterocycles. The monoisotopic (exact) mass is 414 g/mol. The van der Waals surface area contributed by atoms with Crippen molar-refractivity contribution in [3.05, 3.63) is 11.1 Å². The molecule has 0 aromatic carbocycles. The van der Waals surface area contributed by atoms with Crippen LogP contribution in [0.1, 0.15) is 99.3 Å². The van der Waals surface area contributed by atoms with Crippen LogP contribution in [0.15, 0.2) is 11.1 Å². The van der Waals surface area contributed by atoms with E-state index in [1.807, 2.05) is 6.92 Å². The van der Waals surface area contributed by atoms with Crippen molar-refractivity contribution in [1.29, 1.82) is 0 Å². The highest BCUT2D eigenvalue weighted by Gasteiger charge is 2.69. The van der Waals surface area contributed by atoms with Gasteiger partial charge in [0.05, 0.1) is 6.10 Å². The molecule has 1 heterocycles. The van der Waals surface area contributed by atoms with Crippen molar-refractivity contribution in [2.75, 3.05) is 0 Å². The Hall–Kier alpha value is -0.830. The molecule has 0 bridgehead atoms. The number of esters is 1. The number of aliphatic hydroxyl groups excluding tert-OH is 1. The van der Waals surface area contributed by atoms with Gasteiger partial charge < -0.3 is 9.84 Å². The number of hydrogen-bond donors (Lipinski definition) is 1. The number of hydrogen-bond acceptors (Lipinski definition) is 3. The summed E-state index contributed by atoms with van der Waals surface area (Å²) in [5, 5.41) is 11.7. The topological polar surface area (TPSA) is 46.5 Å². The normalized spacial score (nSPS) is 55.3. The average Bonchev–Trinajstić information content (AvgIpc) is 2.98. The standard InChI is InChI=1S/C27H42O3/c1-7-24(3)12-8-13-25(4)18(24)11-14-26(5)19-10-9-17-16(2)30-23(29)22(17)27(19,6)21(28)15-20(25)26/h16,18-21,28H,7-15H2,1-6H3/t16-,18+,19+,20-,21+,24+,25+,26+,27-/m1/s1. The first-order chi connectivity index (χ1) is 14.0. The highest BCUT2D eigenvalue weighted by molar-refractivity contribution is 5.94. The summed E-state index contributed by atoms with van der Waals surface area (Å²) >= 11 is 0. The second-order valence-corrected chi connectivity index (χ2v) is 12.6. The molecule has 3 nitrogen and oxygen atoms in total. The molecule has 9 atom stereocenters. The molecule has 0 radical (unpaired) electrons. The van der Waals surface area contributed by atoms with E-state index in [4.69, 9.17) is 4.74 Å². The lowest BCUT2D eigenvalue weighted by Crippen LogP contribution is -2.65. The maximum absolute atomic E-state index is 12.9. The van der Waals surface area contributed by atoms with E-state index in [1.54, 1.807) is 0 Å². The van der Waals surface area contributed by atoms with Gasteiger partial charge in [0.2, 0.25) is 0 Å². The molecule has 0 spiro atoms. The summed E-state index contributed by atoms with van der Waals surface area (Å²) in [5.41, 5.74) is 2.51. The van der Waals surface area contributed by atoms with Crippen molar-refractivity contribution in [2.45, 2.75) is 112 Å². The van der Waals surface area contributed by atoms with Gasteiger partial charge in [0, 0.05) is 11.0 Å². The summed E-state index contributed by atoms with van der Waals surface area (Å²) in [7, 11) is 0. The van der Waals surface area contributed by atoms with Crippen molar-refractivity contribution in [3.8, 4) is 0 Å². The minimum absolute atomic E-state index is 0.111. The Labute approximate surface area is 183 Å². The van der Waals surface area contributed by atoms with E-state index >= 15 is 0 Å². The molecule has 30 heavy (non-hydrogen) atoms. The molecule has 3 saturated carbocycles. The van der Waals surface area contributed by atoms with Crippen molar-refractivity contribution in [3.63, 3.8) is 0 Å². The van der Waals surface area contributed by atoms with Gasteiger partial charge in [-0.3, -0.25) is 0 Å². The maximum Gasteiger partial charge on any atom is 0.335 e. The lowest BCUT2D eigenvalue weighted by atomic mass is 9.35. The number of carbonyl (C=O) groups is 1. The van der Waals surface area contributed by atoms with Crippen LogP contribution >= 0.6 is 0 Å². The van der Waals surface area contributed by atoms with Gasteiger partial charge >= 0.3 is 5.97 Å². The van der Waals surface area contributed by atoms with Gasteiger partial charge in [-0.25, -0.2) is 4.79 Å². The zero-order valence-electron chi connectivity index (χ0n) is 20.0. The molecule has 168 valence electrons. The smallest absolute Gasteiger partial charge is 0.335 e. The van der Waals surface area contributed by atoms with Gasteiger partial charge in [-0.1, -0.05) is 47.5 Å². The highest BCUT2D eigenvalue weighted by atomic mass is 16.5. The fourth-order valence-corrected chi connectivity index (χ4v) is 10.0. The van der Waals surface area contributed by atoms with Crippen LogP contribution in [0.25, 0.3) is 0 Å². The predicted octanol–water partition coefficient (Wildman–Crippen LogP) is 6.05. The van der Waals surface area contributed by atoms with E-state index in [0.29, 0.717) is 22.7 Å². The maximum atomic E-state index is 12.9. The van der Waals surface area contributed by atoms with Gasteiger partial charge in [0.25, 0.3) is 0 Å². The second-order valence-electron chi connectivity index (χ2n) is 12.6. The van der Waals surface area contributed by atoms with Crippen LogP contribution in [0, 0.1) is 39.4 Å². The number of rotatable bonds is 1. The van der Waals surface area contributed by atoms with Gasteiger partial charge in [-0.15, -0.1) is 0 Å². The van der Waals surface area contributed by atoms with E-state index in [1.165, 1.54) is 44.1 Å². The molecule has 3 fully saturated rings. The number of fused-ring (bicyclic) bond motifs is 6. The zero-order valence-corrected chi connectivity index (χ0v) is 20.0. The minimum Gasteiger partial charge on any atom is -0.455 e. The van der Waals surface area contributed by atoms with Crippen molar-refractivity contribution < 1.29 is 14.6 Å². The van der Waals surface area contributed by atoms with Crippen molar-refractivity contribution in [1.82, 2.24) is 0 Å². The Morgan fingerprint density at radius 3 is 2.40 bits per heavy atom. The van der Waals surface area contributed by atoms with Gasteiger partial charge in [0.1, 0.15) is 6.10 Å². The summed E-state index contributed by atoms with van der Waals surface area (Å²) in [5.74, 6) is 1.51. The van der Waals surface area contributed by atoms with E-state index in [9.17, 15) is 9.90 Å². The van der Waals surface area contributed by atoms with Gasteiger partial charge in [0.15, 0.2) is 0 Å². The van der Waals surface area contributed by atoms with Crippen molar-refractivity contribution >= 4 is 5.97 Å². The summed E-state index contributed by atoms with van der Waals surface area (Å²) < 4.78 is 5.66. The van der Waals surface area contributed by atoms with Crippen LogP contribution in [-0.4, -0.2) is 23.3 Å². The Kier molecular flexibility index (Phi) is 4.46. The van der Waals surface area contributed by atoms with E-state index in [0.717, 1.165) is 30.8 Å². The number of cyclic esters (lactones) is 1. The molecule has 5 aliphatic rings. The van der Waals surface area contributed by atoms with E-state index in [2.05, 4.69) is 34.6 Å². The zero-order chi connectivity index (χ0) is 21.7. The van der Waals surface area contributed by atoms with Crippen LogP contribution in [0.4, 0.5) is 0 Å². The van der Waals surface area contributed by atoms with Crippen molar-refractivity contribution in [2.24, 2.45) is 39.4 Å². The van der Waals surface area contributed by atoms with Crippen LogP contribution in [-0.2, 0) is 9.53 Å². The quantitative estimate of drug-likeness (QED) is 0.531. The molecular formula is C27H42O3. The third kappa shape index (κ3) is 2.34. The summed E-state index contributed by atoms with van der Waals surface area (Å²) in [4.78, 5) is 12.9. The molecule has 0 aromatic heterocycles. The largest absolute Gasteiger partial charge is 0.455 e. The minimum atomic E-state index is -0.452. The van der Waals surface area contributed by atoms with E-state index < -0.39 is 11.5 Å². The molecule has 0 amide bonds. The Balaban J connectivity index is 1.59. The molecule has 0 saturated heterocycles. The molecule has 5 rings (SSSR count). The highest BCUT2D eigenvalue weighted by Crippen LogP contribution is 2.73. The number of ether oxygens (including phenoxy) is 1. The first-order valence-electron chi connectivity index (χ1n) is 12.6. The third-order valence-electron chi connectivity index (χ3n) is 11.7. The molecule has 0 unspecified atom stereocenters. The van der Waals surface area contributed by atoms with Crippen LogP contribution in [0.2, 0.25) is 0 Å². The molecule has 0 aromatic rings. The van der Waals surface area contributed by atoms with Crippen LogP contribution < -0.4 is 0 Å². The Morgan fingerprint density at radius 2 is 1.70 bits per heavy atom. The molecule has 1 N–H and O–H groups in total. The van der Waals surface area contributed by atoms with Gasteiger partial charge in [-0.05, 0) is 91.4 Å². The SMILES string of the molecule is CC[C@@]1(C)CCC[C@]2(C)[C@H]3C[C@H](O)[C@]4(C)C5=C(CC[C@H]4[C@]3(C)CC[C@@H]12)[C@@H](C)OC5=O. The summed E-state index contributed by atoms with van der Waals surface area (Å²) in [6.45, 7) is 14.2. The Morgan fingerprint density at radius 1 is 1.00 bits per heavy atom. The molecular weight excluding hydrogens is 372 g/mol. The van der Waals surface area contributed by atoms with E-state index in [-0.39, 0.29) is 17.5 Å². The molecule has 4 aliphatic carbocycles. The predicted molar refractivity (Wildman–Crippen MR) is 119 cm³/mol. The first kappa shape index (κ1) is 21.0. The first-order valence-corrected chi connectivity index (χ1v) is 12.6.